The zero-order chi connectivity index (χ0) is 21.6. The lowest BCUT2D eigenvalue weighted by Crippen LogP contribution is -2.40. The maximum absolute atomic E-state index is 12.6. The number of nitrogens with one attached hydrogen (secondary N) is 1. The number of rotatable bonds is 8. The van der Waals surface area contributed by atoms with E-state index in [1.807, 2.05) is 0 Å². The standard InChI is InChI=1S/C18H20N4O7S/c23-17(20-19-13-15-4-8-18(29-15)22(24)25)7-3-14-1-5-16(6-2-14)30(26,27)21-9-11-28-12-10-21/h1-2,4-6,8,13H,3,7,9-12H2,(H,20,23)/b19-13-. The van der Waals surface area contributed by atoms with Crippen molar-refractivity contribution in [1.82, 2.24) is 9.73 Å². The number of aryl methyl sites for hydroxylation is 1. The van der Waals surface area contributed by atoms with Crippen LogP contribution in [0.5, 0.6) is 0 Å². The number of benzene rings is 1. The summed E-state index contributed by atoms with van der Waals surface area (Å²) in [6.45, 7) is 1.42. The van der Waals surface area contributed by atoms with E-state index in [0.29, 0.717) is 32.7 Å². The first-order valence-electron chi connectivity index (χ1n) is 9.09. The number of morpholine rings is 1. The van der Waals surface area contributed by atoms with E-state index in [0.717, 1.165) is 11.8 Å². The van der Waals surface area contributed by atoms with Crippen LogP contribution in [0, 0.1) is 10.1 Å². The second-order valence-corrected chi connectivity index (χ2v) is 8.32. The van der Waals surface area contributed by atoms with Crippen LogP contribution in [-0.2, 0) is 26.0 Å². The fourth-order valence-corrected chi connectivity index (χ4v) is 4.16. The second-order valence-electron chi connectivity index (χ2n) is 6.39. The summed E-state index contributed by atoms with van der Waals surface area (Å²) in [4.78, 5) is 21.9. The zero-order valence-corrected chi connectivity index (χ0v) is 16.7. The summed E-state index contributed by atoms with van der Waals surface area (Å²) in [5.74, 6) is -0.641. The van der Waals surface area contributed by atoms with Crippen molar-refractivity contribution < 1.29 is 27.3 Å². The van der Waals surface area contributed by atoms with Gasteiger partial charge in [-0.25, -0.2) is 13.8 Å². The minimum atomic E-state index is -3.55. The van der Waals surface area contributed by atoms with Gasteiger partial charge in [-0.1, -0.05) is 12.1 Å². The largest absolute Gasteiger partial charge is 0.433 e. The van der Waals surface area contributed by atoms with Gasteiger partial charge in [0, 0.05) is 19.5 Å². The van der Waals surface area contributed by atoms with Gasteiger partial charge in [0.05, 0.1) is 30.4 Å². The van der Waals surface area contributed by atoms with Gasteiger partial charge in [-0.3, -0.25) is 14.9 Å². The number of nitrogens with zero attached hydrogens (tertiary/aromatic N) is 3. The average molecular weight is 436 g/mol. The second kappa shape index (κ2) is 9.61. The minimum Gasteiger partial charge on any atom is -0.400 e. The number of nitro groups is 1. The highest BCUT2D eigenvalue weighted by Crippen LogP contribution is 2.18. The van der Waals surface area contributed by atoms with Crippen LogP contribution in [0.15, 0.2) is 50.8 Å². The third-order valence-electron chi connectivity index (χ3n) is 4.35. The number of hydrogen-bond acceptors (Lipinski definition) is 8. The van der Waals surface area contributed by atoms with Crippen LogP contribution in [0.3, 0.4) is 0 Å². The Hall–Kier alpha value is -3.09. The van der Waals surface area contributed by atoms with Crippen molar-refractivity contribution in [3.05, 3.63) is 57.8 Å². The summed E-state index contributed by atoms with van der Waals surface area (Å²) in [6.07, 6.45) is 1.69. The van der Waals surface area contributed by atoms with E-state index in [1.54, 1.807) is 12.1 Å². The number of furan rings is 1. The van der Waals surface area contributed by atoms with Gasteiger partial charge in [0.1, 0.15) is 4.92 Å². The van der Waals surface area contributed by atoms with E-state index in [-0.39, 0.29) is 23.0 Å². The van der Waals surface area contributed by atoms with Crippen LogP contribution in [0.4, 0.5) is 5.88 Å². The van der Waals surface area contributed by atoms with Crippen LogP contribution < -0.4 is 5.43 Å². The first-order chi connectivity index (χ1) is 14.4. The molecule has 0 saturated carbocycles. The summed E-state index contributed by atoms with van der Waals surface area (Å²) in [7, 11) is -3.55. The van der Waals surface area contributed by atoms with Gasteiger partial charge < -0.3 is 9.15 Å². The molecule has 1 aromatic heterocycles. The molecule has 3 rings (SSSR count). The van der Waals surface area contributed by atoms with Crippen LogP contribution in [0.2, 0.25) is 0 Å². The Labute approximate surface area is 172 Å². The Bertz CT molecular complexity index is 1030. The minimum absolute atomic E-state index is 0.130. The Morgan fingerprint density at radius 3 is 2.53 bits per heavy atom. The molecule has 30 heavy (non-hydrogen) atoms. The lowest BCUT2D eigenvalue weighted by molar-refractivity contribution is -0.402. The summed E-state index contributed by atoms with van der Waals surface area (Å²) in [5, 5.41) is 14.2. The molecule has 1 aliphatic heterocycles. The first kappa shape index (κ1) is 21.6. The molecule has 0 atom stereocenters. The van der Waals surface area contributed by atoms with Crippen LogP contribution in [0.25, 0.3) is 0 Å². The van der Waals surface area contributed by atoms with Crippen LogP contribution in [-0.4, -0.2) is 56.1 Å². The maximum Gasteiger partial charge on any atom is 0.433 e. The molecule has 1 aliphatic rings. The molecule has 0 bridgehead atoms. The number of hydrazone groups is 1. The van der Waals surface area contributed by atoms with Crippen LogP contribution >= 0.6 is 0 Å². The first-order valence-corrected chi connectivity index (χ1v) is 10.5. The van der Waals surface area contributed by atoms with Crippen molar-refractivity contribution in [3.63, 3.8) is 0 Å². The monoisotopic (exact) mass is 436 g/mol. The summed E-state index contributed by atoms with van der Waals surface area (Å²) >= 11 is 0. The third kappa shape index (κ3) is 5.49. The van der Waals surface area contributed by atoms with E-state index in [4.69, 9.17) is 9.15 Å². The Kier molecular flexibility index (Phi) is 6.92. The van der Waals surface area contributed by atoms with Gasteiger partial charge in [0.15, 0.2) is 5.76 Å². The van der Waals surface area contributed by atoms with E-state index in [9.17, 15) is 23.3 Å². The molecule has 1 aromatic carbocycles. The van der Waals surface area contributed by atoms with Gasteiger partial charge in [-0.05, 0) is 30.2 Å². The molecular formula is C18H20N4O7S. The van der Waals surface area contributed by atoms with E-state index >= 15 is 0 Å². The Balaban J connectivity index is 1.48. The summed E-state index contributed by atoms with van der Waals surface area (Å²) in [6, 6.07) is 8.95. The molecule has 160 valence electrons. The predicted octanol–water partition coefficient (Wildman–Crippen LogP) is 1.29. The van der Waals surface area contributed by atoms with E-state index in [2.05, 4.69) is 10.5 Å². The summed E-state index contributed by atoms with van der Waals surface area (Å²) in [5.41, 5.74) is 3.11. The molecule has 1 fully saturated rings. The lowest BCUT2D eigenvalue weighted by atomic mass is 10.1. The highest BCUT2D eigenvalue weighted by Gasteiger charge is 2.26. The number of hydrogen-bond donors (Lipinski definition) is 1. The quantitative estimate of drug-likeness (QED) is 0.373. The molecule has 1 N–H and O–H groups in total. The molecule has 1 saturated heterocycles. The number of amides is 1. The molecule has 0 spiro atoms. The molecule has 11 nitrogen and oxygen atoms in total. The number of ether oxygens (including phenoxy) is 1. The summed E-state index contributed by atoms with van der Waals surface area (Å²) < 4.78 is 36.6. The maximum atomic E-state index is 12.6. The van der Waals surface area contributed by atoms with Gasteiger partial charge in [-0.15, -0.1) is 0 Å². The number of carbonyl (C=O) groups excluding carboxylic acids is 1. The number of carbonyl (C=O) groups is 1. The Morgan fingerprint density at radius 2 is 1.90 bits per heavy atom. The van der Waals surface area contributed by atoms with Crippen molar-refractivity contribution in [1.29, 1.82) is 0 Å². The SMILES string of the molecule is O=C(CCc1ccc(S(=O)(=O)N2CCOCC2)cc1)N/N=C\c1ccc([N+](=O)[O-])o1. The van der Waals surface area contributed by atoms with Crippen molar-refractivity contribution in [2.24, 2.45) is 5.10 Å². The van der Waals surface area contributed by atoms with Gasteiger partial charge in [0.25, 0.3) is 0 Å². The van der Waals surface area contributed by atoms with E-state index in [1.165, 1.54) is 28.6 Å². The molecular weight excluding hydrogens is 416 g/mol. The molecule has 0 radical (unpaired) electrons. The molecule has 0 unspecified atom stereocenters. The molecule has 0 aliphatic carbocycles. The van der Waals surface area contributed by atoms with Crippen molar-refractivity contribution in [3.8, 4) is 0 Å². The van der Waals surface area contributed by atoms with Crippen molar-refractivity contribution in [2.45, 2.75) is 17.7 Å². The predicted molar refractivity (Wildman–Crippen MR) is 105 cm³/mol. The highest BCUT2D eigenvalue weighted by molar-refractivity contribution is 7.89. The van der Waals surface area contributed by atoms with Gasteiger partial charge in [0.2, 0.25) is 15.9 Å². The van der Waals surface area contributed by atoms with Crippen LogP contribution in [0.1, 0.15) is 17.7 Å². The van der Waals surface area contributed by atoms with Crippen molar-refractivity contribution >= 4 is 28.0 Å². The van der Waals surface area contributed by atoms with Crippen molar-refractivity contribution in [2.75, 3.05) is 26.3 Å². The lowest BCUT2D eigenvalue weighted by Gasteiger charge is -2.26. The zero-order valence-electron chi connectivity index (χ0n) is 15.9. The highest BCUT2D eigenvalue weighted by atomic mass is 32.2. The topological polar surface area (TPSA) is 144 Å². The van der Waals surface area contributed by atoms with E-state index < -0.39 is 20.8 Å². The van der Waals surface area contributed by atoms with Gasteiger partial charge >= 0.3 is 5.88 Å². The molecule has 12 heteroatoms. The fourth-order valence-electron chi connectivity index (χ4n) is 2.76. The third-order valence-corrected chi connectivity index (χ3v) is 6.26. The molecule has 1 amide bonds. The normalized spacial score (nSPS) is 15.3. The Morgan fingerprint density at radius 1 is 1.20 bits per heavy atom. The fraction of sp³-hybridized carbons (Fsp3) is 0.333. The smallest absolute Gasteiger partial charge is 0.400 e. The molecule has 2 heterocycles. The molecule has 2 aromatic rings. The van der Waals surface area contributed by atoms with Gasteiger partial charge in [-0.2, -0.15) is 9.41 Å². The average Bonchev–Trinajstić information content (AvgIpc) is 3.22. The number of sulfonamides is 1.